The Labute approximate surface area is 259 Å². The van der Waals surface area contributed by atoms with Crippen molar-refractivity contribution in [1.82, 2.24) is 14.7 Å². The Hall–Kier alpha value is -1.16. The van der Waals surface area contributed by atoms with Gasteiger partial charge in [-0.15, -0.1) is 0 Å². The Balaban J connectivity index is 0.000000516. The number of nitrogens with zero attached hydrogens (tertiary/aromatic N) is 3. The van der Waals surface area contributed by atoms with Crippen LogP contribution < -0.4 is 0 Å². The van der Waals surface area contributed by atoms with E-state index in [-0.39, 0.29) is 7.43 Å². The van der Waals surface area contributed by atoms with Crippen LogP contribution in [0, 0.1) is 36.5 Å². The van der Waals surface area contributed by atoms with Gasteiger partial charge in [0.2, 0.25) is 0 Å². The number of aryl methyl sites for hydroxylation is 1. The minimum atomic E-state index is 0. The molecule has 0 bridgehead atoms. The van der Waals surface area contributed by atoms with Gasteiger partial charge < -0.3 is 14.7 Å². The van der Waals surface area contributed by atoms with Gasteiger partial charge in [-0.25, -0.2) is 0 Å². The molecule has 3 nitrogen and oxygen atoms in total. The molecule has 3 heteroatoms. The van der Waals surface area contributed by atoms with Crippen LogP contribution in [-0.2, 0) is 0 Å². The van der Waals surface area contributed by atoms with Crippen LogP contribution in [0.1, 0.15) is 112 Å². The maximum Gasteiger partial charge on any atom is 0.0163 e. The Morgan fingerprint density at radius 2 is 1.00 bits per heavy atom. The van der Waals surface area contributed by atoms with Crippen molar-refractivity contribution in [3.63, 3.8) is 0 Å². The lowest BCUT2D eigenvalue weighted by atomic mass is 9.87. The van der Waals surface area contributed by atoms with E-state index < -0.39 is 0 Å². The second-order valence-electron chi connectivity index (χ2n) is 14.3. The molecule has 1 aromatic carbocycles. The molecule has 2 saturated heterocycles. The van der Waals surface area contributed by atoms with Crippen LogP contribution in [0.4, 0.5) is 0 Å². The molecular weight excluding hydrogens is 498 g/mol. The molecule has 0 amide bonds. The summed E-state index contributed by atoms with van der Waals surface area (Å²) >= 11 is 0. The predicted molar refractivity (Wildman–Crippen MR) is 187 cm³/mol. The van der Waals surface area contributed by atoms with Gasteiger partial charge in [-0.3, -0.25) is 0 Å². The summed E-state index contributed by atoms with van der Waals surface area (Å²) in [5.41, 5.74) is 4.40. The highest BCUT2D eigenvalue weighted by atomic mass is 15.1. The average Bonchev–Trinajstić information content (AvgIpc) is 2.91. The fourth-order valence-corrected chi connectivity index (χ4v) is 5.65. The quantitative estimate of drug-likeness (QED) is 0.333. The fraction of sp³-hybridized carbons (Fsp3) is 0.789. The fourth-order valence-electron chi connectivity index (χ4n) is 5.65. The first-order valence-corrected chi connectivity index (χ1v) is 16.6. The van der Waals surface area contributed by atoms with Gasteiger partial charge in [0.25, 0.3) is 0 Å². The summed E-state index contributed by atoms with van der Waals surface area (Å²) in [6.07, 6.45) is 9.28. The van der Waals surface area contributed by atoms with E-state index in [1.54, 1.807) is 5.57 Å². The highest BCUT2D eigenvalue weighted by Gasteiger charge is 2.19. The molecule has 0 atom stereocenters. The maximum atomic E-state index is 2.43. The molecule has 240 valence electrons. The first-order valence-electron chi connectivity index (χ1n) is 16.6. The van der Waals surface area contributed by atoms with Crippen molar-refractivity contribution in [1.29, 1.82) is 0 Å². The van der Waals surface area contributed by atoms with Gasteiger partial charge in [0.1, 0.15) is 0 Å². The molecular formula is C38H73N3. The standard InChI is InChI=1S/C10H14.2C9H19N.C9H17N.CH4/c1-8(2)10-6-4-9(3)5-7-10;3*1-8(2)9-4-6-10(3)7-5-9;/h4-8H,1-3H3;2*8-9H,4-7H2,1-3H3;4,8H,5-7H2,1-3H3;1H4. The van der Waals surface area contributed by atoms with E-state index in [0.717, 1.165) is 36.1 Å². The van der Waals surface area contributed by atoms with Crippen molar-refractivity contribution >= 4 is 0 Å². The Bertz CT molecular complexity index is 750. The summed E-state index contributed by atoms with van der Waals surface area (Å²) in [5, 5.41) is 0. The van der Waals surface area contributed by atoms with E-state index in [2.05, 4.69) is 128 Å². The molecule has 3 heterocycles. The van der Waals surface area contributed by atoms with Crippen molar-refractivity contribution < 1.29 is 0 Å². The van der Waals surface area contributed by atoms with E-state index in [0.29, 0.717) is 5.92 Å². The van der Waals surface area contributed by atoms with Crippen molar-refractivity contribution in [3.8, 4) is 0 Å². The summed E-state index contributed by atoms with van der Waals surface area (Å²) < 4.78 is 0. The summed E-state index contributed by atoms with van der Waals surface area (Å²) in [6.45, 7) is 28.1. The van der Waals surface area contributed by atoms with E-state index in [9.17, 15) is 0 Å². The lowest BCUT2D eigenvalue weighted by Gasteiger charge is -2.31. The van der Waals surface area contributed by atoms with Crippen molar-refractivity contribution in [2.24, 2.45) is 29.6 Å². The summed E-state index contributed by atoms with van der Waals surface area (Å²) in [6, 6.07) is 8.71. The average molecular weight is 572 g/mol. The van der Waals surface area contributed by atoms with E-state index in [1.807, 2.05) is 0 Å². The Kier molecular flexibility index (Phi) is 20.9. The zero-order valence-corrected chi connectivity index (χ0v) is 29.0. The summed E-state index contributed by atoms with van der Waals surface area (Å²) in [5.74, 6) is 5.20. The molecule has 1 aromatic rings. The summed E-state index contributed by atoms with van der Waals surface area (Å²) in [7, 11) is 6.61. The zero-order valence-electron chi connectivity index (χ0n) is 29.0. The molecule has 41 heavy (non-hydrogen) atoms. The molecule has 0 radical (unpaired) electrons. The smallest absolute Gasteiger partial charge is 0.0163 e. The number of hydrogen-bond donors (Lipinski definition) is 0. The first-order chi connectivity index (χ1) is 18.8. The third-order valence-corrected chi connectivity index (χ3v) is 9.35. The predicted octanol–water partition coefficient (Wildman–Crippen LogP) is 9.63. The van der Waals surface area contributed by atoms with Crippen LogP contribution in [-0.4, -0.2) is 75.1 Å². The zero-order chi connectivity index (χ0) is 30.2. The van der Waals surface area contributed by atoms with Crippen LogP contribution >= 0.6 is 0 Å². The second-order valence-corrected chi connectivity index (χ2v) is 14.3. The summed E-state index contributed by atoms with van der Waals surface area (Å²) in [4.78, 5) is 7.21. The van der Waals surface area contributed by atoms with Crippen LogP contribution in [0.3, 0.4) is 0 Å². The third-order valence-electron chi connectivity index (χ3n) is 9.35. The highest BCUT2D eigenvalue weighted by molar-refractivity contribution is 5.23. The molecule has 0 aromatic heterocycles. The van der Waals surface area contributed by atoms with Crippen molar-refractivity contribution in [2.75, 3.05) is 60.4 Å². The van der Waals surface area contributed by atoms with Crippen molar-refractivity contribution in [3.05, 3.63) is 47.0 Å². The number of piperidine rings is 2. The van der Waals surface area contributed by atoms with Gasteiger partial charge in [0, 0.05) is 13.1 Å². The number of benzene rings is 1. The van der Waals surface area contributed by atoms with Gasteiger partial charge in [-0.05, 0) is 127 Å². The molecule has 3 aliphatic rings. The van der Waals surface area contributed by atoms with E-state index in [1.165, 1.54) is 76.0 Å². The monoisotopic (exact) mass is 572 g/mol. The lowest BCUT2D eigenvalue weighted by molar-refractivity contribution is 0.185. The normalized spacial score (nSPS) is 19.5. The number of likely N-dealkylation sites (N-methyl/N-ethyl adjacent to an activating group) is 1. The van der Waals surface area contributed by atoms with Gasteiger partial charge in [0.05, 0.1) is 0 Å². The molecule has 0 N–H and O–H groups in total. The molecule has 0 spiro atoms. The van der Waals surface area contributed by atoms with Crippen LogP contribution in [0.15, 0.2) is 35.9 Å². The number of likely N-dealkylation sites (tertiary alicyclic amines) is 2. The SMILES string of the molecule is C.CC(C)C1=CCN(C)CC1.CC(C)C1CCN(C)CC1.CC(C)C1CCN(C)CC1.Cc1ccc(C(C)C)cc1. The van der Waals surface area contributed by atoms with Crippen molar-refractivity contribution in [2.45, 2.75) is 108 Å². The molecule has 0 saturated carbocycles. The number of hydrogen-bond acceptors (Lipinski definition) is 3. The lowest BCUT2D eigenvalue weighted by Crippen LogP contribution is -2.32. The van der Waals surface area contributed by atoms with Crippen LogP contribution in [0.2, 0.25) is 0 Å². The minimum absolute atomic E-state index is 0. The van der Waals surface area contributed by atoms with Crippen LogP contribution in [0.25, 0.3) is 0 Å². The maximum absolute atomic E-state index is 2.43. The Morgan fingerprint density at radius 1 is 0.585 bits per heavy atom. The second kappa shape index (κ2) is 21.5. The van der Waals surface area contributed by atoms with Gasteiger partial charge in [-0.1, -0.05) is 104 Å². The van der Waals surface area contributed by atoms with Gasteiger partial charge in [-0.2, -0.15) is 0 Å². The molecule has 0 aliphatic carbocycles. The topological polar surface area (TPSA) is 9.72 Å². The van der Waals surface area contributed by atoms with E-state index >= 15 is 0 Å². The third kappa shape index (κ3) is 17.5. The number of rotatable bonds is 4. The van der Waals surface area contributed by atoms with E-state index in [4.69, 9.17) is 0 Å². The largest absolute Gasteiger partial charge is 0.306 e. The van der Waals surface area contributed by atoms with Crippen LogP contribution in [0.5, 0.6) is 0 Å². The minimum Gasteiger partial charge on any atom is -0.306 e. The molecule has 3 aliphatic heterocycles. The molecule has 4 rings (SSSR count). The molecule has 0 unspecified atom stereocenters. The van der Waals surface area contributed by atoms with Gasteiger partial charge in [0.15, 0.2) is 0 Å². The van der Waals surface area contributed by atoms with Gasteiger partial charge >= 0.3 is 0 Å². The first kappa shape index (κ1) is 39.8. The molecule has 2 fully saturated rings. The Morgan fingerprint density at radius 3 is 1.29 bits per heavy atom. The highest BCUT2D eigenvalue weighted by Crippen LogP contribution is 2.24.